The van der Waals surface area contributed by atoms with Crippen LogP contribution in [0.15, 0.2) is 28.9 Å². The van der Waals surface area contributed by atoms with Gasteiger partial charge in [0, 0.05) is 22.8 Å². The van der Waals surface area contributed by atoms with Crippen LogP contribution < -0.4 is 5.73 Å². The summed E-state index contributed by atoms with van der Waals surface area (Å²) >= 11 is 3.39. The van der Waals surface area contributed by atoms with Crippen molar-refractivity contribution in [2.75, 3.05) is 5.73 Å². The molecule has 0 fully saturated rings. The quantitative estimate of drug-likeness (QED) is 0.731. The summed E-state index contributed by atoms with van der Waals surface area (Å²) in [7, 11) is 1.88. The number of tetrazole rings is 1. The van der Waals surface area contributed by atoms with Crippen LogP contribution in [0.25, 0.3) is 17.1 Å². The maximum atomic E-state index is 5.93. The number of hydrogen-bond acceptors (Lipinski definition) is 5. The van der Waals surface area contributed by atoms with E-state index in [2.05, 4.69) is 36.6 Å². The van der Waals surface area contributed by atoms with Crippen LogP contribution in [0.4, 0.5) is 5.69 Å². The fraction of sp³-hybridized carbons (Fsp3) is 0.231. The van der Waals surface area contributed by atoms with Crippen molar-refractivity contribution in [2.45, 2.75) is 13.3 Å². The zero-order chi connectivity index (χ0) is 15.0. The van der Waals surface area contributed by atoms with Crippen molar-refractivity contribution in [1.29, 1.82) is 0 Å². The lowest BCUT2D eigenvalue weighted by Gasteiger charge is -2.05. The van der Waals surface area contributed by atoms with Gasteiger partial charge in [0.15, 0.2) is 5.82 Å². The Labute approximate surface area is 129 Å². The molecular formula is C13H14BrN7. The second kappa shape index (κ2) is 5.28. The van der Waals surface area contributed by atoms with Gasteiger partial charge in [0.2, 0.25) is 0 Å². The van der Waals surface area contributed by atoms with Crippen molar-refractivity contribution in [3.63, 3.8) is 0 Å². The molecule has 0 atom stereocenters. The lowest BCUT2D eigenvalue weighted by Crippen LogP contribution is -2.02. The summed E-state index contributed by atoms with van der Waals surface area (Å²) in [4.78, 5) is 0. The van der Waals surface area contributed by atoms with Crippen LogP contribution in [0.2, 0.25) is 0 Å². The highest BCUT2D eigenvalue weighted by Crippen LogP contribution is 2.27. The van der Waals surface area contributed by atoms with Crippen molar-refractivity contribution in [3.05, 3.63) is 34.6 Å². The van der Waals surface area contributed by atoms with Gasteiger partial charge in [-0.2, -0.15) is 9.78 Å². The van der Waals surface area contributed by atoms with Crippen LogP contribution in [-0.4, -0.2) is 30.0 Å². The van der Waals surface area contributed by atoms with E-state index in [1.54, 1.807) is 9.36 Å². The summed E-state index contributed by atoms with van der Waals surface area (Å²) in [6, 6.07) is 5.65. The SMILES string of the molecule is CCc1nn(C)cc1-n1nnnc1-c1ccc(Br)c(N)c1. The molecule has 1 aromatic carbocycles. The highest BCUT2D eigenvalue weighted by atomic mass is 79.9. The molecule has 3 rings (SSSR count). The molecule has 0 aliphatic carbocycles. The Hall–Kier alpha value is -2.22. The molecule has 2 heterocycles. The number of aromatic nitrogens is 6. The molecule has 3 aromatic rings. The lowest BCUT2D eigenvalue weighted by molar-refractivity contribution is 0.746. The molecule has 0 radical (unpaired) electrons. The molecule has 0 unspecified atom stereocenters. The van der Waals surface area contributed by atoms with Crippen LogP contribution in [0, 0.1) is 0 Å². The van der Waals surface area contributed by atoms with Gasteiger partial charge in [-0.3, -0.25) is 4.68 Å². The summed E-state index contributed by atoms with van der Waals surface area (Å²) in [6.45, 7) is 2.05. The fourth-order valence-electron chi connectivity index (χ4n) is 2.16. The van der Waals surface area contributed by atoms with E-state index in [0.29, 0.717) is 11.5 Å². The number of rotatable bonds is 3. The van der Waals surface area contributed by atoms with Crippen LogP contribution in [-0.2, 0) is 13.5 Å². The number of aryl methyl sites for hydroxylation is 2. The first-order valence-corrected chi connectivity index (χ1v) is 7.26. The van der Waals surface area contributed by atoms with E-state index < -0.39 is 0 Å². The van der Waals surface area contributed by atoms with Gasteiger partial charge in [0.25, 0.3) is 0 Å². The molecule has 0 amide bonds. The third-order valence-electron chi connectivity index (χ3n) is 3.17. The highest BCUT2D eigenvalue weighted by molar-refractivity contribution is 9.10. The molecule has 108 valence electrons. The Morgan fingerprint density at radius 1 is 1.33 bits per heavy atom. The minimum Gasteiger partial charge on any atom is -0.398 e. The number of halogens is 1. The van der Waals surface area contributed by atoms with E-state index in [1.165, 1.54) is 0 Å². The van der Waals surface area contributed by atoms with E-state index in [1.807, 2.05) is 38.4 Å². The Kier molecular flexibility index (Phi) is 3.46. The van der Waals surface area contributed by atoms with Gasteiger partial charge >= 0.3 is 0 Å². The maximum Gasteiger partial charge on any atom is 0.187 e. The molecule has 0 aliphatic rings. The standard InChI is InChI=1S/C13H14BrN7/c1-3-11-12(7-20(2)17-11)21-13(16-18-19-21)8-4-5-9(14)10(15)6-8/h4-7H,3,15H2,1-2H3. The number of benzene rings is 1. The molecular weight excluding hydrogens is 334 g/mol. The smallest absolute Gasteiger partial charge is 0.187 e. The maximum absolute atomic E-state index is 5.93. The van der Waals surface area contributed by atoms with Crippen molar-refractivity contribution in [2.24, 2.45) is 7.05 Å². The van der Waals surface area contributed by atoms with E-state index >= 15 is 0 Å². The van der Waals surface area contributed by atoms with Crippen molar-refractivity contribution < 1.29 is 0 Å². The molecule has 0 spiro atoms. The average Bonchev–Trinajstić information content (AvgIpc) is 3.07. The minimum absolute atomic E-state index is 0.636. The Morgan fingerprint density at radius 2 is 2.14 bits per heavy atom. The normalized spacial score (nSPS) is 11.0. The predicted molar refractivity (Wildman–Crippen MR) is 82.8 cm³/mol. The highest BCUT2D eigenvalue weighted by Gasteiger charge is 2.16. The van der Waals surface area contributed by atoms with Crippen molar-refractivity contribution >= 4 is 21.6 Å². The molecule has 2 aromatic heterocycles. The molecule has 0 saturated heterocycles. The van der Waals surface area contributed by atoms with Gasteiger partial charge in [-0.25, -0.2) is 0 Å². The zero-order valence-corrected chi connectivity index (χ0v) is 13.2. The Balaban J connectivity index is 2.14. The summed E-state index contributed by atoms with van der Waals surface area (Å²) in [5.41, 5.74) is 9.25. The number of nitrogens with zero attached hydrogens (tertiary/aromatic N) is 6. The van der Waals surface area contributed by atoms with Gasteiger partial charge in [-0.05, 0) is 51.0 Å². The van der Waals surface area contributed by atoms with Gasteiger partial charge in [0.1, 0.15) is 5.69 Å². The topological polar surface area (TPSA) is 87.4 Å². The first-order valence-electron chi connectivity index (χ1n) is 6.46. The molecule has 8 heteroatoms. The fourth-order valence-corrected chi connectivity index (χ4v) is 2.41. The van der Waals surface area contributed by atoms with E-state index in [0.717, 1.165) is 27.8 Å². The van der Waals surface area contributed by atoms with Crippen LogP contribution in [0.5, 0.6) is 0 Å². The lowest BCUT2D eigenvalue weighted by atomic mass is 10.2. The molecule has 0 saturated carbocycles. The second-order valence-corrected chi connectivity index (χ2v) is 5.49. The van der Waals surface area contributed by atoms with Crippen molar-refractivity contribution in [3.8, 4) is 17.1 Å². The minimum atomic E-state index is 0.636. The predicted octanol–water partition coefficient (Wildman–Crippen LogP) is 1.97. The first kappa shape index (κ1) is 13.7. The van der Waals surface area contributed by atoms with Crippen LogP contribution >= 0.6 is 15.9 Å². The third kappa shape index (κ3) is 2.42. The van der Waals surface area contributed by atoms with Gasteiger partial charge < -0.3 is 5.73 Å². The van der Waals surface area contributed by atoms with E-state index in [4.69, 9.17) is 5.73 Å². The largest absolute Gasteiger partial charge is 0.398 e. The van der Waals surface area contributed by atoms with Gasteiger partial charge in [-0.15, -0.1) is 5.10 Å². The van der Waals surface area contributed by atoms with Gasteiger partial charge in [-0.1, -0.05) is 6.92 Å². The third-order valence-corrected chi connectivity index (χ3v) is 3.89. The molecule has 0 aliphatic heterocycles. The van der Waals surface area contributed by atoms with Crippen LogP contribution in [0.3, 0.4) is 0 Å². The van der Waals surface area contributed by atoms with Crippen LogP contribution in [0.1, 0.15) is 12.6 Å². The monoisotopic (exact) mass is 347 g/mol. The second-order valence-electron chi connectivity index (χ2n) is 4.64. The number of hydrogen-bond donors (Lipinski definition) is 1. The van der Waals surface area contributed by atoms with E-state index in [9.17, 15) is 0 Å². The van der Waals surface area contributed by atoms with E-state index in [-0.39, 0.29) is 0 Å². The number of nitrogen functional groups attached to an aromatic ring is 1. The Bertz CT molecular complexity index is 790. The van der Waals surface area contributed by atoms with Crippen molar-refractivity contribution in [1.82, 2.24) is 30.0 Å². The molecule has 21 heavy (non-hydrogen) atoms. The average molecular weight is 348 g/mol. The summed E-state index contributed by atoms with van der Waals surface area (Å²) < 4.78 is 4.30. The summed E-state index contributed by atoms with van der Waals surface area (Å²) in [5.74, 6) is 0.636. The molecule has 7 nitrogen and oxygen atoms in total. The van der Waals surface area contributed by atoms with Gasteiger partial charge in [0.05, 0.1) is 11.9 Å². The number of anilines is 1. The zero-order valence-electron chi connectivity index (χ0n) is 11.7. The first-order chi connectivity index (χ1) is 10.1. The summed E-state index contributed by atoms with van der Waals surface area (Å²) in [6.07, 6.45) is 2.71. The summed E-state index contributed by atoms with van der Waals surface area (Å²) in [5, 5.41) is 16.4. The Morgan fingerprint density at radius 3 is 2.86 bits per heavy atom. The molecule has 2 N–H and O–H groups in total. The molecule has 0 bridgehead atoms. The number of nitrogens with two attached hydrogens (primary N) is 1.